The van der Waals surface area contributed by atoms with Gasteiger partial charge in [-0.1, -0.05) is 53.4 Å². The molecular weight excluding hydrogens is 378 g/mol. The summed E-state index contributed by atoms with van der Waals surface area (Å²) in [4.78, 5) is 14.5. The van der Waals surface area contributed by atoms with E-state index in [0.29, 0.717) is 13.0 Å². The van der Waals surface area contributed by atoms with Gasteiger partial charge in [-0.15, -0.1) is 10.2 Å². The van der Waals surface area contributed by atoms with E-state index in [1.54, 1.807) is 4.90 Å². The van der Waals surface area contributed by atoms with Crippen LogP contribution in [0, 0.1) is 6.92 Å². The molecule has 3 rings (SSSR count). The molecule has 2 heterocycles. The summed E-state index contributed by atoms with van der Waals surface area (Å²) < 4.78 is 24.4. The summed E-state index contributed by atoms with van der Waals surface area (Å²) in [6, 6.07) is 9.40. The lowest BCUT2D eigenvalue weighted by molar-refractivity contribution is -0.130. The summed E-state index contributed by atoms with van der Waals surface area (Å²) in [6.45, 7) is 2.30. The molecule has 0 aliphatic carbocycles. The molecule has 25 heavy (non-hydrogen) atoms. The average molecular weight is 398 g/mol. The number of benzene rings is 1. The van der Waals surface area contributed by atoms with Crippen molar-refractivity contribution in [2.24, 2.45) is 0 Å². The van der Waals surface area contributed by atoms with E-state index in [4.69, 9.17) is 0 Å². The fourth-order valence-electron chi connectivity index (χ4n) is 2.77. The number of aromatic nitrogens is 2. The third kappa shape index (κ3) is 5.02. The molecule has 1 fully saturated rings. The van der Waals surface area contributed by atoms with E-state index in [1.807, 2.05) is 37.3 Å². The number of carbonyl (C=O) groups excluding carboxylic acids is 1. The Bertz CT molecular complexity index is 837. The quantitative estimate of drug-likeness (QED) is 0.695. The number of aryl methyl sites for hydroxylation is 1. The molecule has 9 heteroatoms. The van der Waals surface area contributed by atoms with Gasteiger partial charge in [-0.3, -0.25) is 4.79 Å². The largest absolute Gasteiger partial charge is 0.334 e. The zero-order chi connectivity index (χ0) is 17.9. The monoisotopic (exact) mass is 397 g/mol. The SMILES string of the molecule is Cc1nnc(SCC(=O)N(Cc2ccccc2)[C@@H]2CCS(=O)(=O)C2)s1. The third-order valence-corrected chi connectivity index (χ3v) is 7.70. The van der Waals surface area contributed by atoms with Gasteiger partial charge < -0.3 is 4.90 Å². The highest BCUT2D eigenvalue weighted by molar-refractivity contribution is 8.01. The van der Waals surface area contributed by atoms with Crippen molar-refractivity contribution >= 4 is 38.8 Å². The van der Waals surface area contributed by atoms with E-state index in [9.17, 15) is 13.2 Å². The Morgan fingerprint density at radius 3 is 2.68 bits per heavy atom. The number of thioether (sulfide) groups is 1. The molecule has 2 aromatic rings. The maximum atomic E-state index is 12.8. The van der Waals surface area contributed by atoms with Crippen LogP contribution >= 0.6 is 23.1 Å². The summed E-state index contributed by atoms with van der Waals surface area (Å²) in [5.74, 6) is 0.370. The predicted molar refractivity (Wildman–Crippen MR) is 99.4 cm³/mol. The van der Waals surface area contributed by atoms with Crippen molar-refractivity contribution in [2.75, 3.05) is 17.3 Å². The molecule has 6 nitrogen and oxygen atoms in total. The molecule has 1 aliphatic rings. The summed E-state index contributed by atoms with van der Waals surface area (Å²) in [5, 5.41) is 8.82. The van der Waals surface area contributed by atoms with Crippen molar-refractivity contribution in [3.63, 3.8) is 0 Å². The Labute approximate surface area is 155 Å². The summed E-state index contributed by atoms with van der Waals surface area (Å²) in [6.07, 6.45) is 0.503. The van der Waals surface area contributed by atoms with Crippen LogP contribution < -0.4 is 0 Å². The molecule has 1 aromatic carbocycles. The van der Waals surface area contributed by atoms with Gasteiger partial charge in [0, 0.05) is 12.6 Å². The molecule has 1 aromatic heterocycles. The highest BCUT2D eigenvalue weighted by Crippen LogP contribution is 2.25. The minimum atomic E-state index is -3.05. The lowest BCUT2D eigenvalue weighted by Gasteiger charge is -2.28. The molecule has 0 bridgehead atoms. The minimum Gasteiger partial charge on any atom is -0.334 e. The van der Waals surface area contributed by atoms with Crippen molar-refractivity contribution in [1.29, 1.82) is 0 Å². The van der Waals surface area contributed by atoms with Gasteiger partial charge in [-0.05, 0) is 18.9 Å². The van der Waals surface area contributed by atoms with Gasteiger partial charge in [-0.2, -0.15) is 0 Å². The van der Waals surface area contributed by atoms with Gasteiger partial charge in [-0.25, -0.2) is 8.42 Å². The van der Waals surface area contributed by atoms with Crippen molar-refractivity contribution in [2.45, 2.75) is 30.3 Å². The second kappa shape index (κ2) is 7.84. The second-order valence-corrected chi connectivity index (χ2v) is 10.6. The van der Waals surface area contributed by atoms with Gasteiger partial charge in [0.2, 0.25) is 5.91 Å². The normalized spacial score (nSPS) is 19.0. The molecule has 1 aliphatic heterocycles. The van der Waals surface area contributed by atoms with E-state index in [0.717, 1.165) is 14.9 Å². The van der Waals surface area contributed by atoms with Crippen LogP contribution in [0.5, 0.6) is 0 Å². The number of hydrogen-bond acceptors (Lipinski definition) is 7. The molecule has 134 valence electrons. The number of rotatable bonds is 6. The molecule has 0 radical (unpaired) electrons. The molecular formula is C16H19N3O3S3. The minimum absolute atomic E-state index is 0.0498. The maximum absolute atomic E-state index is 12.8. The molecule has 1 amide bonds. The topological polar surface area (TPSA) is 80.2 Å². The molecule has 0 unspecified atom stereocenters. The number of nitrogens with zero attached hydrogens (tertiary/aromatic N) is 3. The van der Waals surface area contributed by atoms with Crippen LogP contribution in [-0.2, 0) is 21.2 Å². The number of hydrogen-bond donors (Lipinski definition) is 0. The lowest BCUT2D eigenvalue weighted by atomic mass is 10.1. The van der Waals surface area contributed by atoms with Crippen molar-refractivity contribution in [3.8, 4) is 0 Å². The Morgan fingerprint density at radius 2 is 2.08 bits per heavy atom. The van der Waals surface area contributed by atoms with Gasteiger partial charge >= 0.3 is 0 Å². The fourth-order valence-corrected chi connectivity index (χ4v) is 6.20. The fraction of sp³-hybridized carbons (Fsp3) is 0.438. The number of amides is 1. The Hall–Kier alpha value is -1.45. The zero-order valence-electron chi connectivity index (χ0n) is 13.8. The zero-order valence-corrected chi connectivity index (χ0v) is 16.2. The van der Waals surface area contributed by atoms with Crippen LogP contribution in [0.25, 0.3) is 0 Å². The van der Waals surface area contributed by atoms with Gasteiger partial charge in [0.1, 0.15) is 5.01 Å². The Balaban J connectivity index is 1.71. The lowest BCUT2D eigenvalue weighted by Crippen LogP contribution is -2.41. The molecule has 0 saturated carbocycles. The Morgan fingerprint density at radius 1 is 1.32 bits per heavy atom. The average Bonchev–Trinajstić information content (AvgIpc) is 3.16. The highest BCUT2D eigenvalue weighted by Gasteiger charge is 2.34. The Kier molecular flexibility index (Phi) is 5.75. The van der Waals surface area contributed by atoms with Crippen LogP contribution in [0.4, 0.5) is 0 Å². The summed E-state index contributed by atoms with van der Waals surface area (Å²) >= 11 is 2.80. The highest BCUT2D eigenvalue weighted by atomic mass is 32.2. The van der Waals surface area contributed by atoms with Gasteiger partial charge in [0.05, 0.1) is 17.3 Å². The van der Waals surface area contributed by atoms with Crippen molar-refractivity contribution in [1.82, 2.24) is 15.1 Å². The summed E-state index contributed by atoms with van der Waals surface area (Å²) in [5.41, 5.74) is 0.997. The van der Waals surface area contributed by atoms with Crippen molar-refractivity contribution in [3.05, 3.63) is 40.9 Å². The first-order valence-corrected chi connectivity index (χ1v) is 11.5. The molecule has 1 saturated heterocycles. The first-order valence-electron chi connectivity index (χ1n) is 7.90. The predicted octanol–water partition coefficient (Wildman–Crippen LogP) is 2.15. The van der Waals surface area contributed by atoms with Gasteiger partial charge in [0.25, 0.3) is 0 Å². The van der Waals surface area contributed by atoms with E-state index in [-0.39, 0.29) is 29.2 Å². The van der Waals surface area contributed by atoms with E-state index < -0.39 is 9.84 Å². The van der Waals surface area contributed by atoms with Crippen molar-refractivity contribution < 1.29 is 13.2 Å². The van der Waals surface area contributed by atoms with E-state index in [2.05, 4.69) is 10.2 Å². The van der Waals surface area contributed by atoms with Gasteiger partial charge in [0.15, 0.2) is 14.2 Å². The van der Waals surface area contributed by atoms with Crippen LogP contribution in [0.3, 0.4) is 0 Å². The first kappa shape index (κ1) is 18.3. The first-order chi connectivity index (χ1) is 11.9. The maximum Gasteiger partial charge on any atom is 0.233 e. The smallest absolute Gasteiger partial charge is 0.233 e. The number of carbonyl (C=O) groups is 1. The second-order valence-electron chi connectivity index (χ2n) is 5.94. The molecule has 0 N–H and O–H groups in total. The van der Waals surface area contributed by atoms with Crippen LogP contribution in [-0.4, -0.2) is 52.7 Å². The van der Waals surface area contributed by atoms with Crippen LogP contribution in [0.1, 0.15) is 17.0 Å². The molecule has 0 spiro atoms. The van der Waals surface area contributed by atoms with E-state index in [1.165, 1.54) is 23.1 Å². The van der Waals surface area contributed by atoms with Crippen LogP contribution in [0.2, 0.25) is 0 Å². The van der Waals surface area contributed by atoms with E-state index >= 15 is 0 Å². The standard InChI is InChI=1S/C16H19N3O3S3/c1-12-17-18-16(24-12)23-10-15(20)19(9-13-5-3-2-4-6-13)14-7-8-25(21,22)11-14/h2-6,14H,7-11H2,1H3/t14-/m1/s1. The number of sulfone groups is 1. The summed E-state index contributed by atoms with van der Waals surface area (Å²) in [7, 11) is -3.05. The third-order valence-electron chi connectivity index (χ3n) is 3.99. The van der Waals surface area contributed by atoms with Crippen LogP contribution in [0.15, 0.2) is 34.7 Å². The molecule has 1 atom stereocenters.